The van der Waals surface area contributed by atoms with Crippen LogP contribution < -0.4 is 15.5 Å². The van der Waals surface area contributed by atoms with Gasteiger partial charge in [0, 0.05) is 49.9 Å². The lowest BCUT2D eigenvalue weighted by molar-refractivity contribution is -0.131. The zero-order chi connectivity index (χ0) is 24.1. The summed E-state index contributed by atoms with van der Waals surface area (Å²) in [4.78, 5) is 37.9. The topological polar surface area (TPSA) is 123 Å². The van der Waals surface area contributed by atoms with Crippen LogP contribution in [-0.4, -0.2) is 66.2 Å². The van der Waals surface area contributed by atoms with E-state index >= 15 is 0 Å². The van der Waals surface area contributed by atoms with E-state index in [1.807, 2.05) is 19.1 Å². The average Bonchev–Trinajstić information content (AvgIpc) is 2.84. The maximum atomic E-state index is 12.3. The van der Waals surface area contributed by atoms with Gasteiger partial charge in [0.15, 0.2) is 5.82 Å². The van der Waals surface area contributed by atoms with E-state index < -0.39 is 6.04 Å². The van der Waals surface area contributed by atoms with E-state index in [2.05, 4.69) is 21.6 Å². The maximum Gasteiger partial charge on any atom is 0.319 e. The van der Waals surface area contributed by atoms with Gasteiger partial charge in [0.05, 0.1) is 37.4 Å². The Morgan fingerprint density at radius 3 is 2.56 bits per heavy atom. The summed E-state index contributed by atoms with van der Waals surface area (Å²) in [6.07, 6.45) is 0.806. The number of ether oxygens (including phenoxy) is 1. The second kappa shape index (κ2) is 10.5. The van der Waals surface area contributed by atoms with Gasteiger partial charge in [-0.15, -0.1) is 0 Å². The number of nitrogens with one attached hydrogen (secondary N) is 2. The summed E-state index contributed by atoms with van der Waals surface area (Å²) in [6.45, 7) is 7.14. The van der Waals surface area contributed by atoms with E-state index in [0.717, 1.165) is 35.7 Å². The van der Waals surface area contributed by atoms with Gasteiger partial charge in [-0.1, -0.05) is 0 Å². The third-order valence-electron chi connectivity index (χ3n) is 6.05. The van der Waals surface area contributed by atoms with Crippen LogP contribution in [0.4, 0.5) is 16.3 Å². The Bertz CT molecular complexity index is 1090. The van der Waals surface area contributed by atoms with Gasteiger partial charge in [0.1, 0.15) is 5.82 Å². The molecule has 1 aromatic heterocycles. The Kier molecular flexibility index (Phi) is 7.23. The smallest absolute Gasteiger partial charge is 0.319 e. The van der Waals surface area contributed by atoms with Crippen molar-refractivity contribution in [3.8, 4) is 17.5 Å². The van der Waals surface area contributed by atoms with E-state index in [0.29, 0.717) is 44.2 Å². The Balaban J connectivity index is 1.75. The number of nitriles is 1. The molecule has 1 aromatic carbocycles. The lowest BCUT2D eigenvalue weighted by Crippen LogP contribution is -2.42. The van der Waals surface area contributed by atoms with Crippen LogP contribution in [0.1, 0.15) is 37.6 Å². The van der Waals surface area contributed by atoms with Crippen LogP contribution in [0.5, 0.6) is 0 Å². The first-order chi connectivity index (χ1) is 16.5. The molecule has 4 rings (SSSR count). The predicted molar refractivity (Wildman–Crippen MR) is 127 cm³/mol. The summed E-state index contributed by atoms with van der Waals surface area (Å²) in [5, 5.41) is 15.0. The SMILES string of the molecule is CCNC(=O)Nc1ccc(-c2nc3c(c(N4CCOCC4)n2)CCN(C(C)=O)C3CC#N)cc1. The lowest BCUT2D eigenvalue weighted by atomic mass is 9.95. The van der Waals surface area contributed by atoms with Crippen LogP contribution in [0, 0.1) is 11.3 Å². The molecule has 2 N–H and O–H groups in total. The van der Waals surface area contributed by atoms with Crippen LogP contribution in [-0.2, 0) is 16.0 Å². The number of fused-ring (bicyclic) bond motifs is 1. The van der Waals surface area contributed by atoms with Gasteiger partial charge >= 0.3 is 6.03 Å². The lowest BCUT2D eigenvalue weighted by Gasteiger charge is -2.38. The number of hydrogen-bond acceptors (Lipinski definition) is 7. The molecule has 34 heavy (non-hydrogen) atoms. The van der Waals surface area contributed by atoms with E-state index in [-0.39, 0.29) is 18.4 Å². The minimum atomic E-state index is -0.411. The Morgan fingerprint density at radius 2 is 1.91 bits per heavy atom. The minimum Gasteiger partial charge on any atom is -0.378 e. The highest BCUT2D eigenvalue weighted by Crippen LogP contribution is 2.37. The molecule has 2 aliphatic rings. The number of carbonyl (C=O) groups is 2. The first kappa shape index (κ1) is 23.4. The fraction of sp³-hybridized carbons (Fsp3) is 0.458. The molecule has 2 aromatic rings. The van der Waals surface area contributed by atoms with Gasteiger partial charge in [-0.05, 0) is 37.6 Å². The first-order valence-corrected chi connectivity index (χ1v) is 11.5. The highest BCUT2D eigenvalue weighted by molar-refractivity contribution is 5.89. The van der Waals surface area contributed by atoms with E-state index in [1.165, 1.54) is 6.92 Å². The van der Waals surface area contributed by atoms with Gasteiger partial charge in [0.2, 0.25) is 5.91 Å². The number of nitrogens with zero attached hydrogens (tertiary/aromatic N) is 5. The summed E-state index contributed by atoms with van der Waals surface area (Å²) in [5.41, 5.74) is 3.18. The van der Waals surface area contributed by atoms with Crippen LogP contribution in [0.2, 0.25) is 0 Å². The van der Waals surface area contributed by atoms with Crippen molar-refractivity contribution in [3.05, 3.63) is 35.5 Å². The Labute approximate surface area is 198 Å². The van der Waals surface area contributed by atoms with Gasteiger partial charge in [0.25, 0.3) is 0 Å². The van der Waals surface area contributed by atoms with Gasteiger partial charge in [-0.3, -0.25) is 4.79 Å². The zero-order valence-electron chi connectivity index (χ0n) is 19.5. The van der Waals surface area contributed by atoms with Crippen LogP contribution in [0.3, 0.4) is 0 Å². The average molecular weight is 464 g/mol. The van der Waals surface area contributed by atoms with Crippen LogP contribution in [0.25, 0.3) is 11.4 Å². The summed E-state index contributed by atoms with van der Waals surface area (Å²) < 4.78 is 5.53. The Hall–Kier alpha value is -3.71. The summed E-state index contributed by atoms with van der Waals surface area (Å²) in [7, 11) is 0. The molecule has 1 unspecified atom stereocenters. The summed E-state index contributed by atoms with van der Waals surface area (Å²) >= 11 is 0. The summed E-state index contributed by atoms with van der Waals surface area (Å²) in [5.74, 6) is 1.30. The van der Waals surface area contributed by atoms with E-state index in [4.69, 9.17) is 14.7 Å². The molecule has 1 atom stereocenters. The van der Waals surface area contributed by atoms with Crippen molar-refractivity contribution in [1.82, 2.24) is 20.2 Å². The molecule has 3 amide bonds. The van der Waals surface area contributed by atoms with Crippen molar-refractivity contribution in [2.24, 2.45) is 0 Å². The van der Waals surface area contributed by atoms with Crippen molar-refractivity contribution >= 4 is 23.4 Å². The molecule has 0 saturated carbocycles. The molecule has 0 aliphatic carbocycles. The highest BCUT2D eigenvalue weighted by Gasteiger charge is 2.34. The number of aromatic nitrogens is 2. The molecule has 1 fully saturated rings. The quantitative estimate of drug-likeness (QED) is 0.698. The van der Waals surface area contributed by atoms with Gasteiger partial charge in [-0.25, -0.2) is 14.8 Å². The van der Waals surface area contributed by atoms with E-state index in [9.17, 15) is 14.9 Å². The van der Waals surface area contributed by atoms with E-state index in [1.54, 1.807) is 17.0 Å². The number of carbonyl (C=O) groups excluding carboxylic acids is 2. The minimum absolute atomic E-state index is 0.0697. The monoisotopic (exact) mass is 463 g/mol. The van der Waals surface area contributed by atoms with Crippen molar-refractivity contribution in [3.63, 3.8) is 0 Å². The normalized spacial score (nSPS) is 17.5. The molecule has 2 aliphatic heterocycles. The largest absolute Gasteiger partial charge is 0.378 e. The van der Waals surface area contributed by atoms with Crippen molar-refractivity contribution < 1.29 is 14.3 Å². The van der Waals surface area contributed by atoms with Crippen LogP contribution in [0.15, 0.2) is 24.3 Å². The fourth-order valence-electron chi connectivity index (χ4n) is 4.41. The zero-order valence-corrected chi connectivity index (χ0v) is 19.5. The molecule has 0 radical (unpaired) electrons. The Morgan fingerprint density at radius 1 is 1.18 bits per heavy atom. The second-order valence-corrected chi connectivity index (χ2v) is 8.24. The number of benzene rings is 1. The molecular formula is C24H29N7O3. The van der Waals surface area contributed by atoms with Crippen molar-refractivity contribution in [2.45, 2.75) is 32.7 Å². The molecule has 178 valence electrons. The molecular weight excluding hydrogens is 434 g/mol. The second-order valence-electron chi connectivity index (χ2n) is 8.24. The molecule has 0 bridgehead atoms. The van der Waals surface area contributed by atoms with Crippen molar-refractivity contribution in [1.29, 1.82) is 5.26 Å². The molecule has 3 heterocycles. The number of anilines is 2. The number of morpholine rings is 1. The maximum absolute atomic E-state index is 12.3. The molecule has 0 spiro atoms. The standard InChI is InChI=1S/C24H29N7O3/c1-3-26-24(33)27-18-6-4-17(5-7-18)22-28-21-19(23(29-22)30-12-14-34-15-13-30)9-11-31(16(2)32)20(21)8-10-25/h4-7,20H,3,8-9,11-15H2,1-2H3,(H2,26,27,33). The third-order valence-corrected chi connectivity index (χ3v) is 6.05. The molecule has 10 nitrogen and oxygen atoms in total. The summed E-state index contributed by atoms with van der Waals surface area (Å²) in [6, 6.07) is 8.87. The number of amides is 3. The highest BCUT2D eigenvalue weighted by atomic mass is 16.5. The molecule has 1 saturated heterocycles. The number of rotatable bonds is 5. The third kappa shape index (κ3) is 4.94. The molecule has 10 heteroatoms. The van der Waals surface area contributed by atoms with Gasteiger partial charge < -0.3 is 25.2 Å². The van der Waals surface area contributed by atoms with Crippen molar-refractivity contribution in [2.75, 3.05) is 49.6 Å². The first-order valence-electron chi connectivity index (χ1n) is 11.5. The van der Waals surface area contributed by atoms with Crippen LogP contribution >= 0.6 is 0 Å². The van der Waals surface area contributed by atoms with Gasteiger partial charge in [-0.2, -0.15) is 5.26 Å². The predicted octanol–water partition coefficient (Wildman–Crippen LogP) is 2.48. The number of urea groups is 1. The fourth-order valence-corrected chi connectivity index (χ4v) is 4.41. The number of hydrogen-bond donors (Lipinski definition) is 2.